The highest BCUT2D eigenvalue weighted by molar-refractivity contribution is 7.92. The van der Waals surface area contributed by atoms with Crippen molar-refractivity contribution in [3.05, 3.63) is 54.1 Å². The Balaban J connectivity index is 1.48. The lowest BCUT2D eigenvalue weighted by atomic mass is 10.2. The van der Waals surface area contributed by atoms with Gasteiger partial charge in [0, 0.05) is 24.3 Å². The van der Waals surface area contributed by atoms with Gasteiger partial charge in [0.25, 0.3) is 5.91 Å². The van der Waals surface area contributed by atoms with Crippen molar-refractivity contribution in [2.24, 2.45) is 0 Å². The van der Waals surface area contributed by atoms with Crippen LogP contribution in [0.2, 0.25) is 0 Å². The molecule has 0 atom stereocenters. The molecule has 168 valence electrons. The fraction of sp³-hybridized carbons (Fsp3) is 0.350. The number of nitrogens with one attached hydrogen (secondary N) is 2. The van der Waals surface area contributed by atoms with Crippen molar-refractivity contribution < 1.29 is 26.4 Å². The second-order valence-electron chi connectivity index (χ2n) is 7.14. The minimum atomic E-state index is -3.46. The Hall–Kier alpha value is -2.63. The normalized spacial score (nSPS) is 14.9. The van der Waals surface area contributed by atoms with Crippen LogP contribution in [0, 0.1) is 0 Å². The SMILES string of the molecule is CS(=O)(=O)Nc1cccc(C(=O)NCCOc2ccc(S(=O)(=O)N3CCCC3)cc2)c1. The predicted octanol–water partition coefficient (Wildman–Crippen LogP) is 1.65. The van der Waals surface area contributed by atoms with Crippen molar-refractivity contribution in [2.45, 2.75) is 17.7 Å². The van der Waals surface area contributed by atoms with E-state index in [1.165, 1.54) is 22.5 Å². The van der Waals surface area contributed by atoms with Crippen molar-refractivity contribution in [1.29, 1.82) is 0 Å². The molecule has 1 aliphatic rings. The van der Waals surface area contributed by atoms with E-state index >= 15 is 0 Å². The van der Waals surface area contributed by atoms with E-state index in [0.29, 0.717) is 30.1 Å². The maximum absolute atomic E-state index is 12.5. The summed E-state index contributed by atoms with van der Waals surface area (Å²) in [5, 5.41) is 2.69. The first-order valence-corrected chi connectivity index (χ1v) is 13.1. The molecule has 0 saturated carbocycles. The molecule has 1 fully saturated rings. The van der Waals surface area contributed by atoms with Gasteiger partial charge < -0.3 is 10.1 Å². The molecule has 0 bridgehead atoms. The molecule has 2 aromatic rings. The molecule has 0 unspecified atom stereocenters. The first-order valence-electron chi connectivity index (χ1n) is 9.74. The zero-order valence-corrected chi connectivity index (χ0v) is 18.7. The van der Waals surface area contributed by atoms with Crippen molar-refractivity contribution in [3.8, 4) is 5.75 Å². The van der Waals surface area contributed by atoms with Crippen LogP contribution in [0.15, 0.2) is 53.4 Å². The number of hydrogen-bond acceptors (Lipinski definition) is 6. The Bertz CT molecular complexity index is 1130. The number of nitrogens with zero attached hydrogens (tertiary/aromatic N) is 1. The van der Waals surface area contributed by atoms with Gasteiger partial charge in [-0.2, -0.15) is 4.31 Å². The van der Waals surface area contributed by atoms with Crippen molar-refractivity contribution in [1.82, 2.24) is 9.62 Å². The standard InChI is InChI=1S/C20H25N3O6S2/c1-30(25,26)22-17-6-4-5-16(15-17)20(24)21-11-14-29-18-7-9-19(10-8-18)31(27,28)23-12-2-3-13-23/h4-10,15,22H,2-3,11-14H2,1H3,(H,21,24). The third kappa shape index (κ3) is 6.42. The monoisotopic (exact) mass is 467 g/mol. The lowest BCUT2D eigenvalue weighted by Gasteiger charge is -2.15. The van der Waals surface area contributed by atoms with Crippen LogP contribution in [0.5, 0.6) is 5.75 Å². The Morgan fingerprint density at radius 2 is 1.71 bits per heavy atom. The molecule has 0 aliphatic carbocycles. The van der Waals surface area contributed by atoms with E-state index in [0.717, 1.165) is 19.1 Å². The number of sulfonamides is 2. The molecule has 2 N–H and O–H groups in total. The molecule has 31 heavy (non-hydrogen) atoms. The molecule has 0 radical (unpaired) electrons. The molecule has 11 heteroatoms. The van der Waals surface area contributed by atoms with E-state index in [4.69, 9.17) is 4.74 Å². The van der Waals surface area contributed by atoms with Gasteiger partial charge in [0.2, 0.25) is 20.0 Å². The fourth-order valence-corrected chi connectivity index (χ4v) is 5.23. The number of carbonyl (C=O) groups excluding carboxylic acids is 1. The van der Waals surface area contributed by atoms with Gasteiger partial charge >= 0.3 is 0 Å². The number of rotatable bonds is 9. The number of benzene rings is 2. The van der Waals surface area contributed by atoms with Gasteiger partial charge in [0.05, 0.1) is 17.7 Å². The molecule has 1 amide bonds. The molecule has 1 aliphatic heterocycles. The van der Waals surface area contributed by atoms with Crippen LogP contribution in [0.4, 0.5) is 5.69 Å². The highest BCUT2D eigenvalue weighted by Crippen LogP contribution is 2.22. The van der Waals surface area contributed by atoms with Gasteiger partial charge in [0.1, 0.15) is 12.4 Å². The molecule has 1 heterocycles. The van der Waals surface area contributed by atoms with Crippen molar-refractivity contribution in [2.75, 3.05) is 37.2 Å². The topological polar surface area (TPSA) is 122 Å². The predicted molar refractivity (Wildman–Crippen MR) is 117 cm³/mol. The Morgan fingerprint density at radius 3 is 2.35 bits per heavy atom. The van der Waals surface area contributed by atoms with Crippen LogP contribution in [-0.2, 0) is 20.0 Å². The van der Waals surface area contributed by atoms with E-state index in [2.05, 4.69) is 10.0 Å². The fourth-order valence-electron chi connectivity index (χ4n) is 3.16. The van der Waals surface area contributed by atoms with Gasteiger partial charge in [0.15, 0.2) is 0 Å². The molecular weight excluding hydrogens is 442 g/mol. The van der Waals surface area contributed by atoms with E-state index in [-0.39, 0.29) is 24.0 Å². The Morgan fingerprint density at radius 1 is 1.03 bits per heavy atom. The molecule has 9 nitrogen and oxygen atoms in total. The number of carbonyl (C=O) groups is 1. The average molecular weight is 468 g/mol. The summed E-state index contributed by atoms with van der Waals surface area (Å²) < 4.78 is 57.0. The lowest BCUT2D eigenvalue weighted by molar-refractivity contribution is 0.0947. The highest BCUT2D eigenvalue weighted by atomic mass is 32.2. The van der Waals surface area contributed by atoms with E-state index < -0.39 is 20.0 Å². The van der Waals surface area contributed by atoms with Gasteiger partial charge in [-0.3, -0.25) is 9.52 Å². The molecule has 2 aromatic carbocycles. The van der Waals surface area contributed by atoms with Crippen LogP contribution >= 0.6 is 0 Å². The summed E-state index contributed by atoms with van der Waals surface area (Å²) in [6.45, 7) is 1.50. The van der Waals surface area contributed by atoms with Crippen LogP contribution < -0.4 is 14.8 Å². The minimum Gasteiger partial charge on any atom is -0.492 e. The Kier molecular flexibility index (Phi) is 7.19. The summed E-state index contributed by atoms with van der Waals surface area (Å²) in [6.07, 6.45) is 2.79. The number of hydrogen-bond donors (Lipinski definition) is 2. The smallest absolute Gasteiger partial charge is 0.251 e. The van der Waals surface area contributed by atoms with Crippen LogP contribution in [0.25, 0.3) is 0 Å². The molecule has 3 rings (SSSR count). The zero-order chi connectivity index (χ0) is 22.5. The first kappa shape index (κ1) is 23.0. The summed E-state index contributed by atoms with van der Waals surface area (Å²) in [5.41, 5.74) is 0.612. The average Bonchev–Trinajstić information content (AvgIpc) is 3.26. The van der Waals surface area contributed by atoms with Gasteiger partial charge in [-0.25, -0.2) is 16.8 Å². The third-order valence-corrected chi connectivity index (χ3v) is 7.13. The van der Waals surface area contributed by atoms with E-state index in [1.54, 1.807) is 30.3 Å². The van der Waals surface area contributed by atoms with E-state index in [9.17, 15) is 21.6 Å². The van der Waals surface area contributed by atoms with E-state index in [1.807, 2.05) is 0 Å². The summed E-state index contributed by atoms with van der Waals surface area (Å²) >= 11 is 0. The van der Waals surface area contributed by atoms with Gasteiger partial charge in [-0.05, 0) is 55.3 Å². The summed E-state index contributed by atoms with van der Waals surface area (Å²) in [5.74, 6) is 0.127. The van der Waals surface area contributed by atoms with Crippen LogP contribution in [0.1, 0.15) is 23.2 Å². The quantitative estimate of drug-likeness (QED) is 0.541. The van der Waals surface area contributed by atoms with Gasteiger partial charge in [-0.1, -0.05) is 6.07 Å². The number of ether oxygens (including phenoxy) is 1. The van der Waals surface area contributed by atoms with Crippen molar-refractivity contribution >= 4 is 31.6 Å². The van der Waals surface area contributed by atoms with Crippen molar-refractivity contribution in [3.63, 3.8) is 0 Å². The number of amides is 1. The minimum absolute atomic E-state index is 0.186. The summed E-state index contributed by atoms with van der Waals surface area (Å²) in [6, 6.07) is 12.4. The molecule has 0 spiro atoms. The summed E-state index contributed by atoms with van der Waals surface area (Å²) in [7, 11) is -6.89. The largest absolute Gasteiger partial charge is 0.492 e. The Labute approximate surface area is 182 Å². The molecule has 0 aromatic heterocycles. The third-order valence-electron chi connectivity index (χ3n) is 4.61. The lowest BCUT2D eigenvalue weighted by Crippen LogP contribution is -2.28. The van der Waals surface area contributed by atoms with Crippen LogP contribution in [0.3, 0.4) is 0 Å². The molecule has 1 saturated heterocycles. The second-order valence-corrected chi connectivity index (χ2v) is 10.8. The first-order chi connectivity index (χ1) is 14.6. The molecular formula is C20H25N3O6S2. The second kappa shape index (κ2) is 9.67. The number of anilines is 1. The highest BCUT2D eigenvalue weighted by Gasteiger charge is 2.26. The van der Waals surface area contributed by atoms with Gasteiger partial charge in [-0.15, -0.1) is 0 Å². The maximum atomic E-state index is 12.5. The maximum Gasteiger partial charge on any atom is 0.251 e. The zero-order valence-electron chi connectivity index (χ0n) is 17.1. The van der Waals surface area contributed by atoms with Crippen LogP contribution in [-0.4, -0.2) is 59.5 Å². The summed E-state index contributed by atoms with van der Waals surface area (Å²) in [4.78, 5) is 12.5.